The SMILES string of the molecule is C[C@H](NS(=O)(=O)c1ccc(Cl)cc1)C(=O)N1CCN(Cc2cccnc2)CC1. The van der Waals surface area contributed by atoms with E-state index in [9.17, 15) is 13.2 Å². The fourth-order valence-corrected chi connectivity index (χ4v) is 4.44. The molecule has 3 rings (SSSR count). The maximum atomic E-state index is 12.7. The number of hydrogen-bond donors (Lipinski definition) is 1. The minimum Gasteiger partial charge on any atom is -0.339 e. The molecule has 1 aromatic heterocycles. The summed E-state index contributed by atoms with van der Waals surface area (Å²) in [5.74, 6) is -0.224. The summed E-state index contributed by atoms with van der Waals surface area (Å²) in [4.78, 5) is 20.8. The maximum Gasteiger partial charge on any atom is 0.241 e. The highest BCUT2D eigenvalue weighted by Gasteiger charge is 2.28. The molecule has 28 heavy (non-hydrogen) atoms. The van der Waals surface area contributed by atoms with Crippen molar-refractivity contribution in [2.24, 2.45) is 0 Å². The minimum absolute atomic E-state index is 0.0813. The zero-order valence-corrected chi connectivity index (χ0v) is 17.2. The van der Waals surface area contributed by atoms with Crippen molar-refractivity contribution < 1.29 is 13.2 Å². The molecular formula is C19H23ClN4O3S. The third kappa shape index (κ3) is 5.29. The van der Waals surface area contributed by atoms with Crippen LogP contribution < -0.4 is 4.72 Å². The van der Waals surface area contributed by atoms with Crippen LogP contribution in [0.4, 0.5) is 0 Å². The molecule has 1 aliphatic heterocycles. The number of carbonyl (C=O) groups excluding carboxylic acids is 1. The summed E-state index contributed by atoms with van der Waals surface area (Å²) in [6, 6.07) is 8.93. The van der Waals surface area contributed by atoms with E-state index in [0.717, 1.165) is 25.2 Å². The van der Waals surface area contributed by atoms with Gasteiger partial charge in [0, 0.05) is 50.1 Å². The number of nitrogens with zero attached hydrogens (tertiary/aromatic N) is 3. The highest BCUT2D eigenvalue weighted by molar-refractivity contribution is 7.89. The Morgan fingerprint density at radius 1 is 1.18 bits per heavy atom. The van der Waals surface area contributed by atoms with Gasteiger partial charge in [-0.3, -0.25) is 14.7 Å². The first kappa shape index (κ1) is 20.7. The third-order valence-electron chi connectivity index (χ3n) is 4.64. The van der Waals surface area contributed by atoms with Gasteiger partial charge in [-0.25, -0.2) is 8.42 Å². The number of hydrogen-bond acceptors (Lipinski definition) is 5. The monoisotopic (exact) mass is 422 g/mol. The molecule has 0 aliphatic carbocycles. The number of nitrogens with one attached hydrogen (secondary N) is 1. The van der Waals surface area contributed by atoms with Crippen LogP contribution in [0.1, 0.15) is 12.5 Å². The van der Waals surface area contributed by atoms with E-state index in [1.165, 1.54) is 24.3 Å². The van der Waals surface area contributed by atoms with Crippen LogP contribution in [0, 0.1) is 0 Å². The lowest BCUT2D eigenvalue weighted by Gasteiger charge is -2.36. The summed E-state index contributed by atoms with van der Waals surface area (Å²) in [7, 11) is -3.78. The average molecular weight is 423 g/mol. The molecule has 1 atom stereocenters. The number of pyridine rings is 1. The lowest BCUT2D eigenvalue weighted by Crippen LogP contribution is -2.53. The predicted molar refractivity (Wildman–Crippen MR) is 107 cm³/mol. The van der Waals surface area contributed by atoms with E-state index in [1.54, 1.807) is 18.0 Å². The quantitative estimate of drug-likeness (QED) is 0.766. The first-order chi connectivity index (χ1) is 13.3. The van der Waals surface area contributed by atoms with Gasteiger partial charge in [0.1, 0.15) is 0 Å². The lowest BCUT2D eigenvalue weighted by molar-refractivity contribution is -0.134. The molecule has 7 nitrogen and oxygen atoms in total. The zero-order valence-electron chi connectivity index (χ0n) is 15.6. The van der Waals surface area contributed by atoms with Gasteiger partial charge in [-0.2, -0.15) is 4.72 Å². The summed E-state index contributed by atoms with van der Waals surface area (Å²) in [5.41, 5.74) is 1.13. The van der Waals surface area contributed by atoms with Gasteiger partial charge in [0.05, 0.1) is 10.9 Å². The fourth-order valence-electron chi connectivity index (χ4n) is 3.12. The Bertz CT molecular complexity index is 899. The molecule has 1 fully saturated rings. The van der Waals surface area contributed by atoms with E-state index in [-0.39, 0.29) is 10.8 Å². The van der Waals surface area contributed by atoms with Crippen LogP contribution in [0.5, 0.6) is 0 Å². The number of halogens is 1. The number of benzene rings is 1. The van der Waals surface area contributed by atoms with Gasteiger partial charge in [0.25, 0.3) is 0 Å². The molecule has 0 saturated carbocycles. The van der Waals surface area contributed by atoms with Crippen molar-refractivity contribution >= 4 is 27.5 Å². The third-order valence-corrected chi connectivity index (χ3v) is 6.45. The molecule has 1 aromatic carbocycles. The van der Waals surface area contributed by atoms with Crippen LogP contribution in [0.3, 0.4) is 0 Å². The molecule has 1 N–H and O–H groups in total. The smallest absolute Gasteiger partial charge is 0.241 e. The topological polar surface area (TPSA) is 82.6 Å². The molecule has 0 spiro atoms. The van der Waals surface area contributed by atoms with Crippen LogP contribution in [0.25, 0.3) is 0 Å². The molecule has 1 amide bonds. The maximum absolute atomic E-state index is 12.7. The van der Waals surface area contributed by atoms with Crippen LogP contribution in [-0.4, -0.2) is 61.3 Å². The van der Waals surface area contributed by atoms with Gasteiger partial charge in [0.15, 0.2) is 0 Å². The van der Waals surface area contributed by atoms with Gasteiger partial charge in [0.2, 0.25) is 15.9 Å². The molecular weight excluding hydrogens is 400 g/mol. The highest BCUT2D eigenvalue weighted by atomic mass is 35.5. The number of aromatic nitrogens is 1. The molecule has 0 bridgehead atoms. The molecule has 150 valence electrons. The average Bonchev–Trinajstić information content (AvgIpc) is 2.69. The number of piperazine rings is 1. The number of sulfonamides is 1. The second kappa shape index (κ2) is 9.00. The van der Waals surface area contributed by atoms with E-state index in [0.29, 0.717) is 18.1 Å². The molecule has 0 radical (unpaired) electrons. The van der Waals surface area contributed by atoms with Crippen molar-refractivity contribution in [1.29, 1.82) is 0 Å². The van der Waals surface area contributed by atoms with E-state index < -0.39 is 16.1 Å². The summed E-state index contributed by atoms with van der Waals surface area (Å²) in [5, 5.41) is 0.451. The Morgan fingerprint density at radius 3 is 2.46 bits per heavy atom. The summed E-state index contributed by atoms with van der Waals surface area (Å²) in [6.07, 6.45) is 3.58. The van der Waals surface area contributed by atoms with Crippen molar-refractivity contribution in [2.45, 2.75) is 24.4 Å². The predicted octanol–water partition coefficient (Wildman–Crippen LogP) is 1.75. The summed E-state index contributed by atoms with van der Waals surface area (Å²) < 4.78 is 27.4. The minimum atomic E-state index is -3.78. The molecule has 1 saturated heterocycles. The molecule has 1 aliphatic rings. The number of rotatable bonds is 6. The van der Waals surface area contributed by atoms with Crippen LogP contribution in [0.2, 0.25) is 5.02 Å². The second-order valence-corrected chi connectivity index (χ2v) is 8.91. The van der Waals surface area contributed by atoms with Crippen LogP contribution in [-0.2, 0) is 21.4 Å². The highest BCUT2D eigenvalue weighted by Crippen LogP contribution is 2.15. The van der Waals surface area contributed by atoms with E-state index in [4.69, 9.17) is 11.6 Å². The first-order valence-corrected chi connectivity index (χ1v) is 10.9. The zero-order chi connectivity index (χ0) is 20.1. The van der Waals surface area contributed by atoms with Gasteiger partial charge in [-0.15, -0.1) is 0 Å². The van der Waals surface area contributed by atoms with E-state index >= 15 is 0 Å². The summed E-state index contributed by atoms with van der Waals surface area (Å²) in [6.45, 7) is 4.94. The Morgan fingerprint density at radius 2 is 1.86 bits per heavy atom. The Balaban J connectivity index is 1.53. The molecule has 0 unspecified atom stereocenters. The van der Waals surface area contributed by atoms with Crippen molar-refractivity contribution in [3.05, 3.63) is 59.4 Å². The Kier molecular flexibility index (Phi) is 6.66. The van der Waals surface area contributed by atoms with Crippen LogP contribution in [0.15, 0.2) is 53.7 Å². The van der Waals surface area contributed by atoms with Crippen molar-refractivity contribution in [3.63, 3.8) is 0 Å². The standard InChI is InChI=1S/C19H23ClN4O3S/c1-15(22-28(26,27)18-6-4-17(20)5-7-18)19(25)24-11-9-23(10-12-24)14-16-3-2-8-21-13-16/h2-8,13,15,22H,9-12,14H2,1H3/t15-/m0/s1. The second-order valence-electron chi connectivity index (χ2n) is 6.76. The fraction of sp³-hybridized carbons (Fsp3) is 0.368. The number of carbonyl (C=O) groups is 1. The number of amides is 1. The van der Waals surface area contributed by atoms with E-state index in [1.807, 2.05) is 18.3 Å². The van der Waals surface area contributed by atoms with Gasteiger partial charge in [-0.1, -0.05) is 17.7 Å². The largest absolute Gasteiger partial charge is 0.339 e. The first-order valence-electron chi connectivity index (χ1n) is 9.03. The van der Waals surface area contributed by atoms with Crippen molar-refractivity contribution in [2.75, 3.05) is 26.2 Å². The lowest BCUT2D eigenvalue weighted by atomic mass is 10.2. The summed E-state index contributed by atoms with van der Waals surface area (Å²) >= 11 is 5.80. The van der Waals surface area contributed by atoms with Gasteiger partial charge < -0.3 is 4.90 Å². The van der Waals surface area contributed by atoms with Crippen molar-refractivity contribution in [3.8, 4) is 0 Å². The van der Waals surface area contributed by atoms with Gasteiger partial charge in [-0.05, 0) is 42.8 Å². The normalized spacial score (nSPS) is 16.7. The molecule has 2 aromatic rings. The van der Waals surface area contributed by atoms with Gasteiger partial charge >= 0.3 is 0 Å². The Hall–Kier alpha value is -2.00. The molecule has 2 heterocycles. The van der Waals surface area contributed by atoms with Crippen LogP contribution >= 0.6 is 11.6 Å². The molecule has 9 heteroatoms. The Labute approximate surface area is 170 Å². The van der Waals surface area contributed by atoms with Crippen molar-refractivity contribution in [1.82, 2.24) is 19.5 Å². The van der Waals surface area contributed by atoms with E-state index in [2.05, 4.69) is 14.6 Å².